The molecule has 3 atom stereocenters. The standard InChI is InChI=1S/C18H25N3O2.2ClH/c1-23-14-4-2-13(3-5-14)18(22)21-8-6-20(7-9-21)12-17-15-10-19-11-16(15)17;;/h2-5,15-17,19H,6-12H2,1H3;2*1H/t15-,16+,17?;;. The summed E-state index contributed by atoms with van der Waals surface area (Å²) in [5.74, 6) is 3.68. The topological polar surface area (TPSA) is 44.8 Å². The van der Waals surface area contributed by atoms with E-state index in [4.69, 9.17) is 4.74 Å². The van der Waals surface area contributed by atoms with Crippen LogP contribution in [0.15, 0.2) is 24.3 Å². The summed E-state index contributed by atoms with van der Waals surface area (Å²) in [6.45, 7) is 7.34. The Morgan fingerprint density at radius 2 is 1.68 bits per heavy atom. The van der Waals surface area contributed by atoms with E-state index >= 15 is 0 Å². The zero-order valence-corrected chi connectivity index (χ0v) is 16.2. The summed E-state index contributed by atoms with van der Waals surface area (Å²) >= 11 is 0. The molecule has 2 aliphatic heterocycles. The molecule has 1 aliphatic carbocycles. The Hall–Kier alpha value is -1.01. The molecule has 3 fully saturated rings. The van der Waals surface area contributed by atoms with Crippen molar-refractivity contribution in [2.45, 2.75) is 0 Å². The summed E-state index contributed by atoms with van der Waals surface area (Å²) in [5.41, 5.74) is 0.752. The second-order valence-corrected chi connectivity index (χ2v) is 6.97. The largest absolute Gasteiger partial charge is 0.497 e. The van der Waals surface area contributed by atoms with Crippen LogP contribution in [-0.4, -0.2) is 68.6 Å². The van der Waals surface area contributed by atoms with Crippen molar-refractivity contribution in [2.24, 2.45) is 17.8 Å². The summed E-state index contributed by atoms with van der Waals surface area (Å²) in [6.07, 6.45) is 0. The lowest BCUT2D eigenvalue weighted by Crippen LogP contribution is -2.49. The van der Waals surface area contributed by atoms with Gasteiger partial charge in [0.25, 0.3) is 5.91 Å². The molecule has 0 aromatic heterocycles. The monoisotopic (exact) mass is 387 g/mol. The molecule has 1 unspecified atom stereocenters. The molecule has 0 bridgehead atoms. The van der Waals surface area contributed by atoms with Crippen LogP contribution in [0.5, 0.6) is 5.75 Å². The fourth-order valence-electron chi connectivity index (χ4n) is 4.17. The van der Waals surface area contributed by atoms with Gasteiger partial charge in [-0.3, -0.25) is 9.69 Å². The number of carbonyl (C=O) groups excluding carboxylic acids is 1. The van der Waals surface area contributed by atoms with E-state index in [2.05, 4.69) is 10.2 Å². The number of halogens is 2. The normalized spacial score (nSPS) is 27.7. The molecular formula is C18H27Cl2N3O2. The Kier molecular flexibility index (Phi) is 6.97. The van der Waals surface area contributed by atoms with Gasteiger partial charge in [0.05, 0.1) is 7.11 Å². The van der Waals surface area contributed by atoms with Gasteiger partial charge < -0.3 is 15.0 Å². The maximum absolute atomic E-state index is 12.6. The van der Waals surface area contributed by atoms with Gasteiger partial charge in [0, 0.05) is 38.3 Å². The minimum absolute atomic E-state index is 0. The third-order valence-corrected chi connectivity index (χ3v) is 5.73. The van der Waals surface area contributed by atoms with Crippen LogP contribution in [0, 0.1) is 17.8 Å². The number of benzene rings is 1. The van der Waals surface area contributed by atoms with Gasteiger partial charge in [-0.05, 0) is 55.1 Å². The summed E-state index contributed by atoms with van der Waals surface area (Å²) in [5, 5.41) is 3.46. The van der Waals surface area contributed by atoms with E-state index < -0.39 is 0 Å². The third kappa shape index (κ3) is 4.22. The number of hydrogen-bond donors (Lipinski definition) is 1. The predicted molar refractivity (Wildman–Crippen MR) is 103 cm³/mol. The van der Waals surface area contributed by atoms with Crippen molar-refractivity contribution in [3.8, 4) is 5.75 Å². The highest BCUT2D eigenvalue weighted by atomic mass is 35.5. The molecular weight excluding hydrogens is 361 g/mol. The first-order chi connectivity index (χ1) is 11.3. The molecule has 140 valence electrons. The van der Waals surface area contributed by atoms with Crippen LogP contribution < -0.4 is 10.1 Å². The molecule has 2 saturated heterocycles. The zero-order chi connectivity index (χ0) is 15.8. The lowest BCUT2D eigenvalue weighted by molar-refractivity contribution is 0.0627. The predicted octanol–water partition coefficient (Wildman–Crippen LogP) is 1.76. The summed E-state index contributed by atoms with van der Waals surface area (Å²) < 4.78 is 5.15. The first-order valence-electron chi connectivity index (χ1n) is 8.62. The highest BCUT2D eigenvalue weighted by Crippen LogP contribution is 2.48. The number of nitrogens with zero attached hydrogens (tertiary/aromatic N) is 2. The van der Waals surface area contributed by atoms with E-state index in [1.165, 1.54) is 19.6 Å². The van der Waals surface area contributed by atoms with Crippen LogP contribution in [-0.2, 0) is 0 Å². The van der Waals surface area contributed by atoms with Crippen LogP contribution in [0.2, 0.25) is 0 Å². The average Bonchev–Trinajstić information content (AvgIpc) is 3.03. The van der Waals surface area contributed by atoms with Crippen molar-refractivity contribution in [3.05, 3.63) is 29.8 Å². The molecule has 1 saturated carbocycles. The summed E-state index contributed by atoms with van der Waals surface area (Å²) in [7, 11) is 1.64. The number of ether oxygens (including phenoxy) is 1. The number of piperazine rings is 1. The Balaban J connectivity index is 0.00000113. The average molecular weight is 388 g/mol. The number of fused-ring (bicyclic) bond motifs is 1. The van der Waals surface area contributed by atoms with Gasteiger partial charge in [0.15, 0.2) is 0 Å². The number of rotatable bonds is 4. The highest BCUT2D eigenvalue weighted by molar-refractivity contribution is 5.94. The SMILES string of the molecule is COc1ccc(C(=O)N2CCN(CC3[C@H]4CNC[C@@H]34)CC2)cc1.Cl.Cl. The lowest BCUT2D eigenvalue weighted by Gasteiger charge is -2.35. The van der Waals surface area contributed by atoms with E-state index in [1.807, 2.05) is 29.2 Å². The Labute approximate surface area is 161 Å². The van der Waals surface area contributed by atoms with Gasteiger partial charge in [-0.1, -0.05) is 0 Å². The second-order valence-electron chi connectivity index (χ2n) is 6.97. The number of hydrogen-bond acceptors (Lipinski definition) is 4. The van der Waals surface area contributed by atoms with Gasteiger partial charge in [-0.25, -0.2) is 0 Å². The van der Waals surface area contributed by atoms with Crippen LogP contribution in [0.25, 0.3) is 0 Å². The molecule has 7 heteroatoms. The van der Waals surface area contributed by atoms with Crippen molar-refractivity contribution in [2.75, 3.05) is 52.9 Å². The van der Waals surface area contributed by atoms with Gasteiger partial charge in [-0.15, -0.1) is 24.8 Å². The molecule has 2 heterocycles. The van der Waals surface area contributed by atoms with Gasteiger partial charge in [0.2, 0.25) is 0 Å². The first kappa shape index (κ1) is 20.3. The second kappa shape index (κ2) is 8.58. The van der Waals surface area contributed by atoms with Crippen LogP contribution in [0.1, 0.15) is 10.4 Å². The van der Waals surface area contributed by atoms with Gasteiger partial charge >= 0.3 is 0 Å². The molecule has 1 aromatic rings. The molecule has 0 radical (unpaired) electrons. The van der Waals surface area contributed by atoms with E-state index in [0.29, 0.717) is 0 Å². The quantitative estimate of drug-likeness (QED) is 0.854. The van der Waals surface area contributed by atoms with Gasteiger partial charge in [0.1, 0.15) is 5.75 Å². The van der Waals surface area contributed by atoms with Crippen molar-refractivity contribution in [1.29, 1.82) is 0 Å². The first-order valence-corrected chi connectivity index (χ1v) is 8.62. The maximum atomic E-state index is 12.6. The fourth-order valence-corrected chi connectivity index (χ4v) is 4.17. The summed E-state index contributed by atoms with van der Waals surface area (Å²) in [6, 6.07) is 7.41. The molecule has 5 nitrogen and oxygen atoms in total. The van der Waals surface area contributed by atoms with Crippen molar-refractivity contribution in [1.82, 2.24) is 15.1 Å². The van der Waals surface area contributed by atoms with Crippen molar-refractivity contribution in [3.63, 3.8) is 0 Å². The Bertz CT molecular complexity index is 566. The number of nitrogens with one attached hydrogen (secondary N) is 1. The minimum atomic E-state index is 0. The van der Waals surface area contributed by atoms with Crippen LogP contribution in [0.3, 0.4) is 0 Å². The lowest BCUT2D eigenvalue weighted by atomic mass is 10.1. The van der Waals surface area contributed by atoms with Crippen molar-refractivity contribution < 1.29 is 9.53 Å². The van der Waals surface area contributed by atoms with E-state index in [-0.39, 0.29) is 30.7 Å². The minimum Gasteiger partial charge on any atom is -0.497 e. The number of piperidine rings is 1. The molecule has 1 amide bonds. The Morgan fingerprint density at radius 3 is 2.24 bits per heavy atom. The molecule has 1 N–H and O–H groups in total. The van der Waals surface area contributed by atoms with Gasteiger partial charge in [-0.2, -0.15) is 0 Å². The molecule has 4 rings (SSSR count). The highest BCUT2D eigenvalue weighted by Gasteiger charge is 2.52. The van der Waals surface area contributed by atoms with E-state index in [9.17, 15) is 4.79 Å². The molecule has 0 spiro atoms. The van der Waals surface area contributed by atoms with Crippen LogP contribution in [0.4, 0.5) is 0 Å². The molecule has 25 heavy (non-hydrogen) atoms. The summed E-state index contributed by atoms with van der Waals surface area (Å²) in [4.78, 5) is 17.1. The fraction of sp³-hybridized carbons (Fsp3) is 0.611. The smallest absolute Gasteiger partial charge is 0.253 e. The number of carbonyl (C=O) groups is 1. The Morgan fingerprint density at radius 1 is 1.08 bits per heavy atom. The van der Waals surface area contributed by atoms with Crippen molar-refractivity contribution >= 4 is 30.7 Å². The molecule has 3 aliphatic rings. The number of amides is 1. The third-order valence-electron chi connectivity index (χ3n) is 5.73. The van der Waals surface area contributed by atoms with E-state index in [0.717, 1.165) is 55.2 Å². The maximum Gasteiger partial charge on any atom is 0.253 e. The molecule has 1 aromatic carbocycles. The van der Waals surface area contributed by atoms with Crippen LogP contribution >= 0.6 is 24.8 Å². The number of methoxy groups -OCH3 is 1. The van der Waals surface area contributed by atoms with E-state index in [1.54, 1.807) is 7.11 Å². The zero-order valence-electron chi connectivity index (χ0n) is 14.5.